The molecule has 0 saturated carbocycles. The lowest BCUT2D eigenvalue weighted by molar-refractivity contribution is -0.131. The maximum atomic E-state index is 12.9. The van der Waals surface area contributed by atoms with Crippen LogP contribution in [0.25, 0.3) is 0 Å². The van der Waals surface area contributed by atoms with E-state index in [0.717, 1.165) is 36.0 Å². The highest BCUT2D eigenvalue weighted by molar-refractivity contribution is 9.10. The van der Waals surface area contributed by atoms with Gasteiger partial charge in [0.05, 0.1) is 5.54 Å². The number of hydrogen-bond donors (Lipinski definition) is 0. The topological polar surface area (TPSA) is 20.3 Å². The average molecular weight is 340 g/mol. The second kappa shape index (κ2) is 7.94. The number of hydrogen-bond acceptors (Lipinski definition) is 2. The largest absolute Gasteiger partial charge is 0.297 e. The van der Waals surface area contributed by atoms with E-state index in [2.05, 4.69) is 48.5 Å². The number of halogens is 1. The Morgan fingerprint density at radius 1 is 1.05 bits per heavy atom. The lowest BCUT2D eigenvalue weighted by Crippen LogP contribution is -2.54. The van der Waals surface area contributed by atoms with E-state index in [1.807, 2.05) is 24.3 Å². The van der Waals surface area contributed by atoms with E-state index in [-0.39, 0.29) is 5.54 Å². The van der Waals surface area contributed by atoms with E-state index in [9.17, 15) is 4.79 Å². The molecule has 20 heavy (non-hydrogen) atoms. The highest BCUT2D eigenvalue weighted by atomic mass is 79.9. The van der Waals surface area contributed by atoms with Crippen LogP contribution < -0.4 is 0 Å². The van der Waals surface area contributed by atoms with Gasteiger partial charge in [0.2, 0.25) is 0 Å². The highest BCUT2D eigenvalue weighted by Gasteiger charge is 2.38. The number of likely N-dealkylation sites (N-methyl/N-ethyl adjacent to an activating group) is 1. The first-order chi connectivity index (χ1) is 9.53. The summed E-state index contributed by atoms with van der Waals surface area (Å²) in [4.78, 5) is 15.2. The molecule has 0 N–H and O–H groups in total. The predicted molar refractivity (Wildman–Crippen MR) is 89.1 cm³/mol. The Morgan fingerprint density at radius 2 is 1.55 bits per heavy atom. The second-order valence-electron chi connectivity index (χ2n) is 5.14. The number of benzene rings is 1. The van der Waals surface area contributed by atoms with Crippen LogP contribution in [-0.2, 0) is 11.2 Å². The fourth-order valence-electron chi connectivity index (χ4n) is 3.05. The summed E-state index contributed by atoms with van der Waals surface area (Å²) < 4.78 is 1.05. The Kier molecular flexibility index (Phi) is 6.90. The van der Waals surface area contributed by atoms with Gasteiger partial charge in [-0.05, 0) is 43.6 Å². The number of carbonyl (C=O) groups excluding carboxylic acids is 1. The molecule has 0 fully saturated rings. The molecule has 0 bridgehead atoms. The van der Waals surface area contributed by atoms with Crippen LogP contribution in [-0.4, -0.2) is 29.3 Å². The molecule has 0 spiro atoms. The molecule has 0 aliphatic carbocycles. The van der Waals surface area contributed by atoms with Crippen molar-refractivity contribution in [1.82, 2.24) is 4.90 Å². The number of nitrogens with zero attached hydrogens (tertiary/aromatic N) is 1. The predicted octanol–water partition coefficient (Wildman–Crippen LogP) is 4.46. The molecule has 0 saturated heterocycles. The van der Waals surface area contributed by atoms with Crippen LogP contribution in [0.3, 0.4) is 0 Å². The summed E-state index contributed by atoms with van der Waals surface area (Å²) >= 11 is 3.43. The minimum Gasteiger partial charge on any atom is -0.297 e. The Bertz CT molecular complexity index is 419. The molecule has 0 heterocycles. The lowest BCUT2D eigenvalue weighted by atomic mass is 9.83. The van der Waals surface area contributed by atoms with Crippen molar-refractivity contribution in [2.75, 3.05) is 13.1 Å². The van der Waals surface area contributed by atoms with Crippen LogP contribution >= 0.6 is 15.9 Å². The Labute approximate surface area is 131 Å². The zero-order valence-electron chi connectivity index (χ0n) is 13.1. The molecular weight excluding hydrogens is 314 g/mol. The summed E-state index contributed by atoms with van der Waals surface area (Å²) in [5.74, 6) is 0.341. The SMILES string of the molecule is CCN(CC)C(CC)(CC)C(=O)Cc1ccc(Br)cc1. The molecule has 0 aromatic heterocycles. The van der Waals surface area contributed by atoms with Gasteiger partial charge in [0, 0.05) is 10.9 Å². The summed E-state index contributed by atoms with van der Waals surface area (Å²) in [6, 6.07) is 8.06. The summed E-state index contributed by atoms with van der Waals surface area (Å²) in [5, 5.41) is 0. The van der Waals surface area contributed by atoms with Crippen molar-refractivity contribution in [2.45, 2.75) is 52.5 Å². The minimum atomic E-state index is -0.309. The van der Waals surface area contributed by atoms with Gasteiger partial charge in [0.15, 0.2) is 5.78 Å². The van der Waals surface area contributed by atoms with Gasteiger partial charge < -0.3 is 0 Å². The van der Waals surface area contributed by atoms with E-state index < -0.39 is 0 Å². The zero-order valence-corrected chi connectivity index (χ0v) is 14.7. The molecule has 1 aromatic rings. The molecule has 3 heteroatoms. The minimum absolute atomic E-state index is 0.309. The fraction of sp³-hybridized carbons (Fsp3) is 0.588. The molecule has 0 amide bonds. The van der Waals surface area contributed by atoms with Crippen LogP contribution in [0.4, 0.5) is 0 Å². The number of Topliss-reactive ketones (excluding diaryl/α,β-unsaturated/α-hetero) is 1. The maximum Gasteiger partial charge on any atom is 0.157 e. The van der Waals surface area contributed by atoms with Gasteiger partial charge in [-0.2, -0.15) is 0 Å². The average Bonchev–Trinajstić information content (AvgIpc) is 2.47. The van der Waals surface area contributed by atoms with E-state index >= 15 is 0 Å². The third kappa shape index (κ3) is 3.70. The third-order valence-electron chi connectivity index (χ3n) is 4.34. The van der Waals surface area contributed by atoms with E-state index in [1.165, 1.54) is 0 Å². The molecule has 0 unspecified atom stereocenters. The van der Waals surface area contributed by atoms with Crippen molar-refractivity contribution in [3.63, 3.8) is 0 Å². The molecule has 1 aromatic carbocycles. The monoisotopic (exact) mass is 339 g/mol. The van der Waals surface area contributed by atoms with Gasteiger partial charge >= 0.3 is 0 Å². The summed E-state index contributed by atoms with van der Waals surface area (Å²) in [6.45, 7) is 10.4. The summed E-state index contributed by atoms with van der Waals surface area (Å²) in [7, 11) is 0. The van der Waals surface area contributed by atoms with Gasteiger partial charge in [-0.25, -0.2) is 0 Å². The van der Waals surface area contributed by atoms with Gasteiger partial charge in [-0.15, -0.1) is 0 Å². The Morgan fingerprint density at radius 3 is 1.95 bits per heavy atom. The maximum absolute atomic E-state index is 12.9. The van der Waals surface area contributed by atoms with Crippen LogP contribution in [0.1, 0.15) is 46.1 Å². The van der Waals surface area contributed by atoms with Crippen LogP contribution in [0.2, 0.25) is 0 Å². The zero-order chi connectivity index (χ0) is 15.2. The van der Waals surface area contributed by atoms with E-state index in [1.54, 1.807) is 0 Å². The van der Waals surface area contributed by atoms with Crippen LogP contribution in [0.5, 0.6) is 0 Å². The molecule has 0 aliphatic rings. The second-order valence-corrected chi connectivity index (χ2v) is 6.05. The van der Waals surface area contributed by atoms with Crippen LogP contribution in [0.15, 0.2) is 28.7 Å². The van der Waals surface area contributed by atoms with E-state index in [0.29, 0.717) is 12.2 Å². The van der Waals surface area contributed by atoms with Crippen molar-refractivity contribution in [3.05, 3.63) is 34.3 Å². The highest BCUT2D eigenvalue weighted by Crippen LogP contribution is 2.27. The smallest absolute Gasteiger partial charge is 0.157 e. The molecule has 0 aliphatic heterocycles. The number of carbonyl (C=O) groups is 1. The number of rotatable bonds is 8. The van der Waals surface area contributed by atoms with Gasteiger partial charge in [-0.3, -0.25) is 9.69 Å². The Hall–Kier alpha value is -0.670. The van der Waals surface area contributed by atoms with E-state index in [4.69, 9.17) is 0 Å². The van der Waals surface area contributed by atoms with Crippen LogP contribution in [0, 0.1) is 0 Å². The molecule has 0 atom stereocenters. The molecule has 1 rings (SSSR count). The lowest BCUT2D eigenvalue weighted by Gasteiger charge is -2.41. The first-order valence-electron chi connectivity index (χ1n) is 7.56. The molecule has 0 radical (unpaired) electrons. The van der Waals surface area contributed by atoms with Gasteiger partial charge in [0.1, 0.15) is 0 Å². The van der Waals surface area contributed by atoms with Crippen molar-refractivity contribution in [1.29, 1.82) is 0 Å². The van der Waals surface area contributed by atoms with Crippen molar-refractivity contribution < 1.29 is 4.79 Å². The van der Waals surface area contributed by atoms with Crippen molar-refractivity contribution >= 4 is 21.7 Å². The van der Waals surface area contributed by atoms with Crippen molar-refractivity contribution in [3.8, 4) is 0 Å². The first kappa shape index (κ1) is 17.4. The molecule has 2 nitrogen and oxygen atoms in total. The first-order valence-corrected chi connectivity index (χ1v) is 8.36. The van der Waals surface area contributed by atoms with Gasteiger partial charge in [0.25, 0.3) is 0 Å². The third-order valence-corrected chi connectivity index (χ3v) is 4.86. The standard InChI is InChI=1S/C17H26BrNO/c1-5-17(6-2,19(7-3)8-4)16(20)13-14-9-11-15(18)12-10-14/h9-12H,5-8,13H2,1-4H3. The molecule has 112 valence electrons. The fourth-order valence-corrected chi connectivity index (χ4v) is 3.31. The number of ketones is 1. The summed E-state index contributed by atoms with van der Waals surface area (Å²) in [6.07, 6.45) is 2.27. The normalized spacial score (nSPS) is 11.9. The molecular formula is C17H26BrNO. The Balaban J connectivity index is 2.96. The van der Waals surface area contributed by atoms with Crippen molar-refractivity contribution in [2.24, 2.45) is 0 Å². The summed E-state index contributed by atoms with van der Waals surface area (Å²) in [5.41, 5.74) is 0.785. The van der Waals surface area contributed by atoms with Gasteiger partial charge in [-0.1, -0.05) is 55.8 Å². The quantitative estimate of drug-likeness (QED) is 0.696.